The van der Waals surface area contributed by atoms with E-state index < -0.39 is 0 Å². The molecule has 0 aromatic heterocycles. The Morgan fingerprint density at radius 1 is 1.14 bits per heavy atom. The molecule has 0 amide bonds. The van der Waals surface area contributed by atoms with E-state index in [9.17, 15) is 4.79 Å². The lowest BCUT2D eigenvalue weighted by molar-refractivity contribution is 0.0923. The van der Waals surface area contributed by atoms with Gasteiger partial charge in [0.2, 0.25) is 0 Å². The molecule has 1 fully saturated rings. The molecule has 0 unspecified atom stereocenters. The summed E-state index contributed by atoms with van der Waals surface area (Å²) in [6.45, 7) is 0. The van der Waals surface area contributed by atoms with Gasteiger partial charge in [0, 0.05) is 16.0 Å². The molecule has 1 nitrogen and oxygen atoms in total. The molecule has 14 heavy (non-hydrogen) atoms. The van der Waals surface area contributed by atoms with Crippen LogP contribution >= 0.6 is 15.9 Å². The van der Waals surface area contributed by atoms with Gasteiger partial charge < -0.3 is 0 Å². The van der Waals surface area contributed by atoms with Gasteiger partial charge in [0.05, 0.1) is 0 Å². The van der Waals surface area contributed by atoms with E-state index in [0.29, 0.717) is 5.78 Å². The lowest BCUT2D eigenvalue weighted by Gasteiger charge is -2.07. The number of rotatable bonds is 2. The molecule has 0 saturated heterocycles. The summed E-state index contributed by atoms with van der Waals surface area (Å²) in [6, 6.07) is 7.68. The first-order valence-electron chi connectivity index (χ1n) is 5.07. The lowest BCUT2D eigenvalue weighted by atomic mass is 9.96. The standard InChI is InChI=1S/C12H13BrO/c13-11-7-5-10(6-8-11)12(14)9-3-1-2-4-9/h5-9H,1-4H2. The van der Waals surface area contributed by atoms with Crippen molar-refractivity contribution in [2.45, 2.75) is 25.7 Å². The van der Waals surface area contributed by atoms with Gasteiger partial charge in [0.1, 0.15) is 0 Å². The second kappa shape index (κ2) is 4.26. The molecule has 1 aromatic carbocycles. The molecular weight excluding hydrogens is 240 g/mol. The minimum absolute atomic E-state index is 0.288. The largest absolute Gasteiger partial charge is 0.294 e. The Balaban J connectivity index is 2.14. The Morgan fingerprint density at radius 2 is 1.71 bits per heavy atom. The number of hydrogen-bond acceptors (Lipinski definition) is 1. The Hall–Kier alpha value is -0.630. The zero-order valence-corrected chi connectivity index (χ0v) is 9.59. The minimum Gasteiger partial charge on any atom is -0.294 e. The number of benzene rings is 1. The van der Waals surface area contributed by atoms with Crippen molar-refractivity contribution in [3.05, 3.63) is 34.3 Å². The Kier molecular flexibility index (Phi) is 3.02. The van der Waals surface area contributed by atoms with Crippen LogP contribution in [0, 0.1) is 5.92 Å². The average Bonchev–Trinajstić information content (AvgIpc) is 2.71. The highest BCUT2D eigenvalue weighted by Gasteiger charge is 2.23. The number of carbonyl (C=O) groups is 1. The molecule has 1 aromatic rings. The van der Waals surface area contributed by atoms with Crippen molar-refractivity contribution in [3.8, 4) is 0 Å². The quantitative estimate of drug-likeness (QED) is 0.732. The van der Waals surface area contributed by atoms with Crippen LogP contribution in [0.15, 0.2) is 28.7 Å². The second-order valence-corrected chi connectivity index (χ2v) is 4.77. The monoisotopic (exact) mass is 252 g/mol. The first-order chi connectivity index (χ1) is 6.77. The number of Topliss-reactive ketones (excluding diaryl/α,β-unsaturated/α-hetero) is 1. The predicted molar refractivity (Wildman–Crippen MR) is 60.4 cm³/mol. The highest BCUT2D eigenvalue weighted by atomic mass is 79.9. The number of carbonyl (C=O) groups excluding carboxylic acids is 1. The summed E-state index contributed by atoms with van der Waals surface area (Å²) in [5.74, 6) is 0.617. The number of hydrogen-bond donors (Lipinski definition) is 0. The van der Waals surface area contributed by atoms with Crippen LogP contribution in [0.5, 0.6) is 0 Å². The molecule has 74 valence electrons. The van der Waals surface area contributed by atoms with Gasteiger partial charge in [-0.1, -0.05) is 40.9 Å². The zero-order chi connectivity index (χ0) is 9.97. The maximum atomic E-state index is 11.9. The van der Waals surface area contributed by atoms with Crippen LogP contribution < -0.4 is 0 Å². The Morgan fingerprint density at radius 3 is 2.29 bits per heavy atom. The fourth-order valence-corrected chi connectivity index (χ4v) is 2.30. The first kappa shape index (κ1) is 9.91. The summed E-state index contributed by atoms with van der Waals surface area (Å²) in [7, 11) is 0. The van der Waals surface area contributed by atoms with Gasteiger partial charge in [-0.25, -0.2) is 0 Å². The van der Waals surface area contributed by atoms with Crippen LogP contribution in [0.1, 0.15) is 36.0 Å². The van der Waals surface area contributed by atoms with Crippen LogP contribution in [0.2, 0.25) is 0 Å². The molecule has 0 bridgehead atoms. The molecule has 0 heterocycles. The predicted octanol–water partition coefficient (Wildman–Crippen LogP) is 3.82. The summed E-state index contributed by atoms with van der Waals surface area (Å²) in [5.41, 5.74) is 0.861. The molecular formula is C12H13BrO. The fourth-order valence-electron chi connectivity index (χ4n) is 2.04. The molecule has 1 aliphatic carbocycles. The van der Waals surface area contributed by atoms with Crippen LogP contribution in [-0.4, -0.2) is 5.78 Å². The smallest absolute Gasteiger partial charge is 0.165 e. The molecule has 2 heteroatoms. The SMILES string of the molecule is O=C(c1ccc(Br)cc1)C1CCCC1. The van der Waals surface area contributed by atoms with E-state index in [1.165, 1.54) is 12.8 Å². The van der Waals surface area contributed by atoms with Crippen LogP contribution in [0.25, 0.3) is 0 Å². The highest BCUT2D eigenvalue weighted by molar-refractivity contribution is 9.10. The fraction of sp³-hybridized carbons (Fsp3) is 0.417. The summed E-state index contributed by atoms with van der Waals surface area (Å²) in [4.78, 5) is 11.9. The van der Waals surface area contributed by atoms with Gasteiger partial charge in [-0.05, 0) is 25.0 Å². The Labute approximate surface area is 92.6 Å². The van der Waals surface area contributed by atoms with E-state index >= 15 is 0 Å². The third-order valence-electron chi connectivity index (χ3n) is 2.85. The van der Waals surface area contributed by atoms with Gasteiger partial charge in [-0.15, -0.1) is 0 Å². The molecule has 0 spiro atoms. The van der Waals surface area contributed by atoms with E-state index in [1.807, 2.05) is 24.3 Å². The second-order valence-electron chi connectivity index (χ2n) is 3.85. The van der Waals surface area contributed by atoms with Crippen molar-refractivity contribution in [1.82, 2.24) is 0 Å². The summed E-state index contributed by atoms with van der Waals surface area (Å²) in [5, 5.41) is 0. The normalized spacial score (nSPS) is 17.2. The Bertz CT molecular complexity index is 323. The van der Waals surface area contributed by atoms with E-state index in [2.05, 4.69) is 15.9 Å². The molecule has 0 radical (unpaired) electrons. The van der Waals surface area contributed by atoms with E-state index in [1.54, 1.807) is 0 Å². The van der Waals surface area contributed by atoms with Crippen molar-refractivity contribution in [2.24, 2.45) is 5.92 Å². The number of halogens is 1. The molecule has 0 aliphatic heterocycles. The van der Waals surface area contributed by atoms with E-state index in [0.717, 1.165) is 22.9 Å². The van der Waals surface area contributed by atoms with Gasteiger partial charge in [-0.2, -0.15) is 0 Å². The van der Waals surface area contributed by atoms with Crippen molar-refractivity contribution < 1.29 is 4.79 Å². The average molecular weight is 253 g/mol. The maximum Gasteiger partial charge on any atom is 0.165 e. The molecule has 1 aliphatic rings. The summed E-state index contributed by atoms with van der Waals surface area (Å²) < 4.78 is 1.03. The molecule has 0 atom stereocenters. The minimum atomic E-state index is 0.288. The van der Waals surface area contributed by atoms with Gasteiger partial charge in [0.25, 0.3) is 0 Å². The van der Waals surface area contributed by atoms with Crippen LogP contribution in [0.3, 0.4) is 0 Å². The summed E-state index contributed by atoms with van der Waals surface area (Å²) >= 11 is 3.37. The van der Waals surface area contributed by atoms with Crippen LogP contribution in [0.4, 0.5) is 0 Å². The van der Waals surface area contributed by atoms with Gasteiger partial charge >= 0.3 is 0 Å². The first-order valence-corrected chi connectivity index (χ1v) is 5.86. The maximum absolute atomic E-state index is 11.9. The van der Waals surface area contributed by atoms with Crippen molar-refractivity contribution in [1.29, 1.82) is 0 Å². The molecule has 1 saturated carbocycles. The highest BCUT2D eigenvalue weighted by Crippen LogP contribution is 2.28. The van der Waals surface area contributed by atoms with Crippen molar-refractivity contribution >= 4 is 21.7 Å². The topological polar surface area (TPSA) is 17.1 Å². The van der Waals surface area contributed by atoms with Crippen molar-refractivity contribution in [2.75, 3.05) is 0 Å². The molecule has 2 rings (SSSR count). The van der Waals surface area contributed by atoms with E-state index in [4.69, 9.17) is 0 Å². The van der Waals surface area contributed by atoms with Gasteiger partial charge in [0.15, 0.2) is 5.78 Å². The van der Waals surface area contributed by atoms with Crippen molar-refractivity contribution in [3.63, 3.8) is 0 Å². The third-order valence-corrected chi connectivity index (χ3v) is 3.38. The van der Waals surface area contributed by atoms with E-state index in [-0.39, 0.29) is 5.92 Å². The zero-order valence-electron chi connectivity index (χ0n) is 8.00. The van der Waals surface area contributed by atoms with Crippen LogP contribution in [-0.2, 0) is 0 Å². The lowest BCUT2D eigenvalue weighted by Crippen LogP contribution is -2.10. The summed E-state index contributed by atoms with van der Waals surface area (Å²) in [6.07, 6.45) is 4.59. The third kappa shape index (κ3) is 2.06. The number of ketones is 1. The molecule has 0 N–H and O–H groups in total. The van der Waals surface area contributed by atoms with Gasteiger partial charge in [-0.3, -0.25) is 4.79 Å².